The lowest BCUT2D eigenvalue weighted by molar-refractivity contribution is -0.0441. The highest BCUT2D eigenvalue weighted by atomic mass is 32.2. The van der Waals surface area contributed by atoms with Crippen molar-refractivity contribution in [1.82, 2.24) is 0 Å². The summed E-state index contributed by atoms with van der Waals surface area (Å²) in [7, 11) is 0. The summed E-state index contributed by atoms with van der Waals surface area (Å²) >= 11 is 2.06. The first-order chi connectivity index (χ1) is 31.5. The molecule has 0 atom stereocenters. The molecule has 0 N–H and O–H groups in total. The van der Waals surface area contributed by atoms with E-state index in [1.54, 1.807) is 11.1 Å². The van der Waals surface area contributed by atoms with Gasteiger partial charge in [-0.25, -0.2) is 0 Å². The first-order valence-electron chi connectivity index (χ1n) is 24.2. The van der Waals surface area contributed by atoms with Crippen LogP contribution in [-0.4, -0.2) is 0 Å². The summed E-state index contributed by atoms with van der Waals surface area (Å²) in [5.74, 6) is 2.81. The largest absolute Gasteiger partial charge is 0.310 e. The van der Waals surface area contributed by atoms with Crippen molar-refractivity contribution in [3.05, 3.63) is 192 Å². The molecule has 0 amide bonds. The van der Waals surface area contributed by atoms with Gasteiger partial charge in [-0.2, -0.15) is 0 Å². The second-order valence-electron chi connectivity index (χ2n) is 21.8. The zero-order chi connectivity index (χ0) is 44.2. The highest BCUT2D eigenvalue weighted by Gasteiger charge is 2.61. The van der Waals surface area contributed by atoms with E-state index >= 15 is 0 Å². The van der Waals surface area contributed by atoms with Crippen LogP contribution in [-0.2, 0) is 16.2 Å². The van der Waals surface area contributed by atoms with Crippen molar-refractivity contribution in [2.45, 2.75) is 99.7 Å². The Labute approximate surface area is 390 Å². The number of hydrogen-bond acceptors (Lipinski definition) is 3. The molecule has 13 rings (SSSR count). The summed E-state index contributed by atoms with van der Waals surface area (Å²) < 4.78 is 0. The Kier molecular flexibility index (Phi) is 9.49. The molecule has 0 unspecified atom stereocenters. The summed E-state index contributed by atoms with van der Waals surface area (Å²) in [6.45, 7) is 13.9. The highest BCUT2D eigenvalue weighted by molar-refractivity contribution is 8.00. The molecule has 8 aromatic carbocycles. The van der Waals surface area contributed by atoms with Gasteiger partial charge in [0.25, 0.3) is 0 Å². The van der Waals surface area contributed by atoms with Gasteiger partial charge in [-0.3, -0.25) is 0 Å². The van der Waals surface area contributed by atoms with Gasteiger partial charge in [0.15, 0.2) is 0 Å². The van der Waals surface area contributed by atoms with Crippen molar-refractivity contribution in [3.63, 3.8) is 0 Å². The molecule has 3 heteroatoms. The molecule has 0 aromatic heterocycles. The minimum atomic E-state index is -0.127. The van der Waals surface area contributed by atoms with Crippen LogP contribution in [0, 0.1) is 23.7 Å². The molecule has 4 fully saturated rings. The Morgan fingerprint density at radius 1 is 0.400 bits per heavy atom. The Morgan fingerprint density at radius 3 is 1.11 bits per heavy atom. The molecule has 0 saturated heterocycles. The lowest BCUT2D eigenvalue weighted by atomic mass is 9.42. The maximum atomic E-state index is 2.70. The van der Waals surface area contributed by atoms with Crippen LogP contribution in [0.2, 0.25) is 0 Å². The number of anilines is 6. The van der Waals surface area contributed by atoms with Crippen LogP contribution in [0.5, 0.6) is 0 Å². The molecule has 4 aliphatic carbocycles. The van der Waals surface area contributed by atoms with Gasteiger partial charge in [-0.1, -0.05) is 162 Å². The van der Waals surface area contributed by atoms with Gasteiger partial charge in [0.1, 0.15) is 0 Å². The average Bonchev–Trinajstić information content (AvgIpc) is 3.31. The summed E-state index contributed by atoms with van der Waals surface area (Å²) in [6.07, 6.45) is 6.67. The van der Waals surface area contributed by atoms with E-state index in [1.807, 2.05) is 0 Å². The van der Waals surface area contributed by atoms with E-state index in [1.165, 1.54) is 109 Å². The second kappa shape index (κ2) is 15.1. The number of benzene rings is 8. The summed E-state index contributed by atoms with van der Waals surface area (Å²) in [4.78, 5) is 8.05. The molecule has 8 aromatic rings. The standard InChI is InChI=1S/C62H60N2S/c1-60(2,3)42-25-29-48(30-26-42)63(46-17-9-7-10-18-46)56-38-54-58(52-23-15-13-21-50(52)56)65-59-53-24-16-14-22-51(53)57(39-55(59)62(54)44-34-40-33-41(36-44)37-45(62)35-40)64(47-19-11-8-12-20-47)49-31-27-43(28-32-49)61(4,5)6/h7-32,38-41,44-45H,33-37H2,1-6H3. The Balaban J connectivity index is 1.15. The van der Waals surface area contributed by atoms with Crippen LogP contribution < -0.4 is 9.80 Å². The molecule has 1 aliphatic heterocycles. The van der Waals surface area contributed by atoms with E-state index in [4.69, 9.17) is 0 Å². The summed E-state index contributed by atoms with van der Waals surface area (Å²) in [5.41, 5.74) is 13.2. The lowest BCUT2D eigenvalue weighted by Crippen LogP contribution is -2.57. The molecule has 65 heavy (non-hydrogen) atoms. The Bertz CT molecular complexity index is 2860. The molecule has 324 valence electrons. The second-order valence-corrected chi connectivity index (χ2v) is 22.9. The van der Waals surface area contributed by atoms with Crippen molar-refractivity contribution >= 4 is 67.4 Å². The monoisotopic (exact) mass is 864 g/mol. The molecular formula is C62H60N2S. The van der Waals surface area contributed by atoms with Crippen LogP contribution in [0.15, 0.2) is 180 Å². The number of rotatable bonds is 6. The summed E-state index contributed by atoms with van der Waals surface area (Å²) in [6, 6.07) is 65.1. The van der Waals surface area contributed by atoms with E-state index in [9.17, 15) is 0 Å². The van der Waals surface area contributed by atoms with Gasteiger partial charge in [0.2, 0.25) is 0 Å². The van der Waals surface area contributed by atoms with Gasteiger partial charge in [-0.15, -0.1) is 0 Å². The minimum Gasteiger partial charge on any atom is -0.310 e. The summed E-state index contributed by atoms with van der Waals surface area (Å²) in [5, 5.41) is 5.35. The fourth-order valence-corrected chi connectivity index (χ4v) is 14.6. The lowest BCUT2D eigenvalue weighted by Gasteiger charge is -2.63. The van der Waals surface area contributed by atoms with E-state index in [0.29, 0.717) is 11.8 Å². The molecule has 2 nitrogen and oxygen atoms in total. The zero-order valence-electron chi connectivity index (χ0n) is 38.8. The van der Waals surface area contributed by atoms with E-state index in [-0.39, 0.29) is 16.2 Å². The third kappa shape index (κ3) is 6.51. The smallest absolute Gasteiger partial charge is 0.0543 e. The molecule has 1 heterocycles. The van der Waals surface area contributed by atoms with Crippen LogP contribution in [0.25, 0.3) is 21.5 Å². The van der Waals surface area contributed by atoms with Gasteiger partial charge in [0.05, 0.1) is 11.4 Å². The van der Waals surface area contributed by atoms with E-state index in [0.717, 1.165) is 11.8 Å². The fourth-order valence-electron chi connectivity index (χ4n) is 13.1. The highest BCUT2D eigenvalue weighted by Crippen LogP contribution is 2.71. The maximum Gasteiger partial charge on any atom is 0.0543 e. The van der Waals surface area contributed by atoms with Crippen LogP contribution in [0.4, 0.5) is 34.1 Å². The molecule has 4 bridgehead atoms. The van der Waals surface area contributed by atoms with Crippen LogP contribution in [0.3, 0.4) is 0 Å². The minimum absolute atomic E-state index is 0.0695. The van der Waals surface area contributed by atoms with Crippen molar-refractivity contribution in [1.29, 1.82) is 0 Å². The van der Waals surface area contributed by atoms with Gasteiger partial charge < -0.3 is 9.80 Å². The quantitative estimate of drug-likeness (QED) is 0.164. The van der Waals surface area contributed by atoms with Gasteiger partial charge in [0, 0.05) is 48.7 Å². The fraction of sp³-hybridized carbons (Fsp3) is 0.290. The normalized spacial score (nSPS) is 20.5. The molecule has 4 saturated carbocycles. The van der Waals surface area contributed by atoms with Crippen LogP contribution >= 0.6 is 11.8 Å². The SMILES string of the molecule is CC(C)(C)c1ccc(N(c2ccccc2)c2cc3c(c4ccccc24)Sc2c(cc(N(c4ccccc4)c4ccc(C(C)(C)C)cc4)c4ccccc24)C32C3CC4CC(C3)CC2C4)cc1. The topological polar surface area (TPSA) is 6.48 Å². The van der Waals surface area contributed by atoms with E-state index < -0.39 is 0 Å². The van der Waals surface area contributed by atoms with Crippen molar-refractivity contribution in [2.24, 2.45) is 23.7 Å². The first kappa shape index (κ1) is 40.7. The third-order valence-corrected chi connectivity index (χ3v) is 17.2. The first-order valence-corrected chi connectivity index (χ1v) is 25.0. The average molecular weight is 865 g/mol. The number of hydrogen-bond donors (Lipinski definition) is 0. The predicted molar refractivity (Wildman–Crippen MR) is 277 cm³/mol. The van der Waals surface area contributed by atoms with Crippen molar-refractivity contribution in [2.75, 3.05) is 9.80 Å². The van der Waals surface area contributed by atoms with Crippen LogP contribution in [0.1, 0.15) is 95.9 Å². The van der Waals surface area contributed by atoms with Crippen molar-refractivity contribution in [3.8, 4) is 0 Å². The molecule has 0 radical (unpaired) electrons. The number of para-hydroxylation sites is 2. The predicted octanol–water partition coefficient (Wildman–Crippen LogP) is 17.7. The molecular weight excluding hydrogens is 805 g/mol. The van der Waals surface area contributed by atoms with Gasteiger partial charge >= 0.3 is 0 Å². The third-order valence-electron chi connectivity index (χ3n) is 16.0. The van der Waals surface area contributed by atoms with Gasteiger partial charge in [-0.05, 0) is 160 Å². The Hall–Kier alpha value is -5.77. The van der Waals surface area contributed by atoms with E-state index in [2.05, 4.69) is 233 Å². The zero-order valence-corrected chi connectivity index (χ0v) is 39.6. The number of fused-ring (bicyclic) bond motifs is 6. The Morgan fingerprint density at radius 2 is 0.738 bits per heavy atom. The molecule has 1 spiro atoms. The number of nitrogens with zero attached hydrogens (tertiary/aromatic N) is 2. The van der Waals surface area contributed by atoms with Crippen molar-refractivity contribution < 1.29 is 0 Å². The molecule has 5 aliphatic rings. The maximum absolute atomic E-state index is 2.70.